The number of nitrogens with zero attached hydrogens (tertiary/aromatic N) is 5. The minimum atomic E-state index is 0.494. The molecule has 2 rings (SSSR count). The molecule has 7 heteroatoms. The van der Waals surface area contributed by atoms with Gasteiger partial charge in [0.1, 0.15) is 0 Å². The molecule has 144 valence electrons. The molecule has 2 aromatic rings. The molecule has 27 heavy (non-hydrogen) atoms. The Hall–Kier alpha value is -2.85. The van der Waals surface area contributed by atoms with Crippen LogP contribution in [0.3, 0.4) is 0 Å². The second-order valence-corrected chi connectivity index (χ2v) is 6.75. The molecule has 0 aliphatic heterocycles. The van der Waals surface area contributed by atoms with E-state index in [0.29, 0.717) is 12.5 Å². The van der Waals surface area contributed by atoms with Gasteiger partial charge in [0.15, 0.2) is 6.19 Å². The summed E-state index contributed by atoms with van der Waals surface area (Å²) in [5.74, 6) is 0.514. The van der Waals surface area contributed by atoms with Gasteiger partial charge in [0.05, 0.1) is 6.54 Å². The maximum Gasteiger partial charge on any atom is 0.205 e. The summed E-state index contributed by atoms with van der Waals surface area (Å²) >= 11 is 0. The second-order valence-electron chi connectivity index (χ2n) is 6.75. The van der Waals surface area contributed by atoms with Gasteiger partial charge in [0.25, 0.3) is 0 Å². The van der Waals surface area contributed by atoms with Crippen LogP contribution in [0.2, 0.25) is 0 Å². The zero-order valence-electron chi connectivity index (χ0n) is 16.2. The van der Waals surface area contributed by atoms with Gasteiger partial charge in [-0.25, -0.2) is 4.99 Å². The fraction of sp³-hybridized carbons (Fsp3) is 0.450. The normalized spacial score (nSPS) is 11.4. The van der Waals surface area contributed by atoms with E-state index in [4.69, 9.17) is 5.26 Å². The molecule has 2 heterocycles. The van der Waals surface area contributed by atoms with E-state index in [0.717, 1.165) is 44.5 Å². The van der Waals surface area contributed by atoms with Crippen LogP contribution in [0.5, 0.6) is 0 Å². The Morgan fingerprint density at radius 2 is 2.15 bits per heavy atom. The number of pyridine rings is 1. The van der Waals surface area contributed by atoms with Crippen molar-refractivity contribution in [1.82, 2.24) is 25.1 Å². The highest BCUT2D eigenvalue weighted by Crippen LogP contribution is 2.06. The van der Waals surface area contributed by atoms with Crippen LogP contribution in [-0.4, -0.2) is 41.1 Å². The van der Waals surface area contributed by atoms with Crippen LogP contribution in [0, 0.1) is 11.5 Å². The third kappa shape index (κ3) is 8.38. The summed E-state index contributed by atoms with van der Waals surface area (Å²) in [6, 6.07) is 6.02. The lowest BCUT2D eigenvalue weighted by molar-refractivity contribution is 0.402. The van der Waals surface area contributed by atoms with E-state index in [1.54, 1.807) is 12.4 Å². The Balaban J connectivity index is 1.63. The number of rotatable bonds is 10. The zero-order valence-corrected chi connectivity index (χ0v) is 16.2. The van der Waals surface area contributed by atoms with Crippen molar-refractivity contribution in [1.29, 1.82) is 5.26 Å². The topological polar surface area (TPSA) is 81.3 Å². The summed E-state index contributed by atoms with van der Waals surface area (Å²) in [6.07, 6.45) is 13.1. The van der Waals surface area contributed by atoms with E-state index in [2.05, 4.69) is 62.6 Å². The third-order valence-corrected chi connectivity index (χ3v) is 4.01. The van der Waals surface area contributed by atoms with Crippen molar-refractivity contribution in [2.75, 3.05) is 20.6 Å². The minimum absolute atomic E-state index is 0.494. The highest BCUT2D eigenvalue weighted by molar-refractivity contribution is 5.81. The van der Waals surface area contributed by atoms with Gasteiger partial charge in [0, 0.05) is 44.4 Å². The first-order chi connectivity index (χ1) is 13.2. The van der Waals surface area contributed by atoms with E-state index >= 15 is 0 Å². The first kappa shape index (κ1) is 20.5. The number of hydrogen-bond donors (Lipinski definition) is 2. The Labute approximate surface area is 161 Å². The molecule has 0 unspecified atom stereocenters. The predicted molar refractivity (Wildman–Crippen MR) is 108 cm³/mol. The van der Waals surface area contributed by atoms with E-state index < -0.39 is 0 Å². The summed E-state index contributed by atoms with van der Waals surface area (Å²) < 4.78 is 2.25. The first-order valence-corrected chi connectivity index (χ1v) is 9.29. The van der Waals surface area contributed by atoms with Gasteiger partial charge in [-0.3, -0.25) is 10.3 Å². The Morgan fingerprint density at radius 1 is 1.26 bits per heavy atom. The third-order valence-electron chi connectivity index (χ3n) is 4.01. The largest absolute Gasteiger partial charge is 0.356 e. The van der Waals surface area contributed by atoms with Crippen LogP contribution < -0.4 is 10.6 Å². The number of aromatic nitrogens is 2. The summed E-state index contributed by atoms with van der Waals surface area (Å²) in [5, 5.41) is 14.7. The molecule has 0 aliphatic carbocycles. The van der Waals surface area contributed by atoms with Crippen LogP contribution in [0.1, 0.15) is 30.4 Å². The van der Waals surface area contributed by atoms with E-state index in [1.165, 1.54) is 5.56 Å². The molecule has 0 radical (unpaired) electrons. The molecule has 0 aliphatic rings. The number of nitrogens with one attached hydrogen (secondary N) is 2. The standard InChI is InChI=1S/C20H29N7/c1-26(2)15-19-8-12-27(16-19)11-5-3-4-10-23-20(25-17-21)24-14-18-7-6-9-22-13-18/h6-9,12-13,16H,3-5,10-11,14-15H2,1-2H3,(H2,23,24,25). The lowest BCUT2D eigenvalue weighted by Crippen LogP contribution is -2.35. The monoisotopic (exact) mass is 367 g/mol. The van der Waals surface area contributed by atoms with Gasteiger partial charge < -0.3 is 14.8 Å². The van der Waals surface area contributed by atoms with E-state index in [-0.39, 0.29) is 0 Å². The van der Waals surface area contributed by atoms with E-state index in [9.17, 15) is 0 Å². The zero-order chi connectivity index (χ0) is 19.3. The molecule has 0 saturated heterocycles. The van der Waals surface area contributed by atoms with Gasteiger partial charge in [-0.05, 0) is 56.6 Å². The van der Waals surface area contributed by atoms with E-state index in [1.807, 2.05) is 18.3 Å². The average Bonchev–Trinajstić information content (AvgIpc) is 3.09. The van der Waals surface area contributed by atoms with Gasteiger partial charge in [-0.15, -0.1) is 0 Å². The summed E-state index contributed by atoms with van der Waals surface area (Å²) in [6.45, 7) is 3.29. The van der Waals surface area contributed by atoms with Crippen molar-refractivity contribution in [3.05, 3.63) is 54.1 Å². The molecule has 7 nitrogen and oxygen atoms in total. The van der Waals surface area contributed by atoms with Gasteiger partial charge in [-0.2, -0.15) is 5.26 Å². The molecule has 2 N–H and O–H groups in total. The lowest BCUT2D eigenvalue weighted by atomic mass is 10.2. The summed E-state index contributed by atoms with van der Waals surface area (Å²) in [7, 11) is 4.17. The highest BCUT2D eigenvalue weighted by atomic mass is 15.2. The van der Waals surface area contributed by atoms with Gasteiger partial charge in [0.2, 0.25) is 5.96 Å². The number of aliphatic imine (C=N–C) groups is 1. The smallest absolute Gasteiger partial charge is 0.205 e. The summed E-state index contributed by atoms with van der Waals surface area (Å²) in [5.41, 5.74) is 2.36. The fourth-order valence-corrected chi connectivity index (χ4v) is 2.75. The Morgan fingerprint density at radius 3 is 2.89 bits per heavy atom. The quantitative estimate of drug-likeness (QED) is 0.221. The number of unbranched alkanes of at least 4 members (excludes halogenated alkanes) is 2. The number of aryl methyl sites for hydroxylation is 1. The number of nitriles is 1. The molecule has 2 aromatic heterocycles. The molecule has 0 atom stereocenters. The van der Waals surface area contributed by atoms with Crippen molar-refractivity contribution >= 4 is 5.96 Å². The van der Waals surface area contributed by atoms with Crippen molar-refractivity contribution in [2.45, 2.75) is 38.9 Å². The second kappa shape index (κ2) is 11.7. The fourth-order valence-electron chi connectivity index (χ4n) is 2.75. The maximum absolute atomic E-state index is 8.86. The van der Waals surface area contributed by atoms with Crippen molar-refractivity contribution in [3.8, 4) is 6.19 Å². The van der Waals surface area contributed by atoms with Crippen molar-refractivity contribution in [2.24, 2.45) is 4.99 Å². The molecule has 0 spiro atoms. The number of guanidine groups is 1. The maximum atomic E-state index is 8.86. The van der Waals surface area contributed by atoms with Crippen LogP contribution in [-0.2, 0) is 19.6 Å². The highest BCUT2D eigenvalue weighted by Gasteiger charge is 2.00. The molecule has 0 fully saturated rings. The minimum Gasteiger partial charge on any atom is -0.356 e. The van der Waals surface area contributed by atoms with Crippen LogP contribution in [0.25, 0.3) is 0 Å². The molecule has 0 saturated carbocycles. The Bertz CT molecular complexity index is 728. The van der Waals surface area contributed by atoms with Gasteiger partial charge >= 0.3 is 0 Å². The lowest BCUT2D eigenvalue weighted by Gasteiger charge is -2.09. The SMILES string of the molecule is CN(C)Cc1ccn(CCCCCNC(=NCc2cccnc2)NC#N)c1. The molecular weight excluding hydrogens is 338 g/mol. The molecular formula is C20H29N7. The average molecular weight is 368 g/mol. The van der Waals surface area contributed by atoms with Crippen molar-refractivity contribution in [3.63, 3.8) is 0 Å². The van der Waals surface area contributed by atoms with Crippen LogP contribution in [0.15, 0.2) is 48.0 Å². The van der Waals surface area contributed by atoms with Crippen LogP contribution in [0.4, 0.5) is 0 Å². The first-order valence-electron chi connectivity index (χ1n) is 9.29. The van der Waals surface area contributed by atoms with Crippen molar-refractivity contribution < 1.29 is 0 Å². The molecule has 0 amide bonds. The van der Waals surface area contributed by atoms with Gasteiger partial charge in [-0.1, -0.05) is 6.07 Å². The van der Waals surface area contributed by atoms with Crippen LogP contribution >= 0.6 is 0 Å². The molecule has 0 aromatic carbocycles. The Kier molecular flexibility index (Phi) is 8.87. The predicted octanol–water partition coefficient (Wildman–Crippen LogP) is 2.33. The molecule has 0 bridgehead atoms. The number of hydrogen-bond acceptors (Lipinski definition) is 4. The summed E-state index contributed by atoms with van der Waals surface area (Å²) in [4.78, 5) is 10.6.